The van der Waals surface area contributed by atoms with Crippen molar-refractivity contribution in [1.29, 1.82) is 0 Å². The fraction of sp³-hybridized carbons (Fsp3) is 0.208. The van der Waals surface area contributed by atoms with Gasteiger partial charge in [0, 0.05) is 16.5 Å². The minimum atomic E-state index is -0.437. The molecule has 0 aliphatic carbocycles. The molecule has 2 aromatic carbocycles. The number of thioether (sulfide) groups is 1. The maximum Gasteiger partial charge on any atom is 0.338 e. The third kappa shape index (κ3) is 4.89. The molecule has 1 aliphatic rings. The number of nitrogens with one attached hydrogen (secondary N) is 1. The molecule has 0 radical (unpaired) electrons. The summed E-state index contributed by atoms with van der Waals surface area (Å²) >= 11 is 7.77. The summed E-state index contributed by atoms with van der Waals surface area (Å²) in [5.41, 5.74) is 3.26. The molecule has 2 heterocycles. The number of benzene rings is 2. The molecule has 1 aromatic heterocycles. The van der Waals surface area contributed by atoms with Crippen LogP contribution in [0.15, 0.2) is 77.1 Å². The van der Waals surface area contributed by atoms with Crippen molar-refractivity contribution in [2.24, 2.45) is 0 Å². The highest BCUT2D eigenvalue weighted by molar-refractivity contribution is 7.98. The number of hydrogen-bond acceptors (Lipinski definition) is 6. The van der Waals surface area contributed by atoms with Gasteiger partial charge in [-0.3, -0.25) is 0 Å². The quantitative estimate of drug-likeness (QED) is 0.353. The first kappa shape index (κ1) is 22.2. The van der Waals surface area contributed by atoms with Crippen LogP contribution in [-0.2, 0) is 15.3 Å². The molecule has 1 N–H and O–H groups in total. The molecule has 0 amide bonds. The lowest BCUT2D eigenvalue weighted by Crippen LogP contribution is -2.28. The first-order valence-corrected chi connectivity index (χ1v) is 11.6. The van der Waals surface area contributed by atoms with E-state index >= 15 is 0 Å². The Bertz CT molecular complexity index is 1170. The summed E-state index contributed by atoms with van der Waals surface area (Å²) in [6.45, 7) is 3.95. The van der Waals surface area contributed by atoms with Crippen molar-refractivity contribution in [3.8, 4) is 0 Å². The largest absolute Gasteiger partial charge is 0.463 e. The van der Waals surface area contributed by atoms with Gasteiger partial charge < -0.3 is 10.1 Å². The van der Waals surface area contributed by atoms with E-state index in [0.717, 1.165) is 11.1 Å². The molecule has 3 aromatic rings. The molecule has 0 spiro atoms. The highest BCUT2D eigenvalue weighted by Crippen LogP contribution is 2.34. The Kier molecular flexibility index (Phi) is 6.97. The third-order valence-electron chi connectivity index (χ3n) is 4.95. The maximum absolute atomic E-state index is 12.8. The van der Waals surface area contributed by atoms with Crippen molar-refractivity contribution in [2.45, 2.75) is 30.8 Å². The molecular weight excluding hydrogens is 444 g/mol. The van der Waals surface area contributed by atoms with Gasteiger partial charge in [0.05, 0.1) is 12.2 Å². The first-order valence-electron chi connectivity index (χ1n) is 10.3. The highest BCUT2D eigenvalue weighted by Gasteiger charge is 2.32. The van der Waals surface area contributed by atoms with E-state index in [1.807, 2.05) is 73.7 Å². The second kappa shape index (κ2) is 10.1. The van der Waals surface area contributed by atoms with Crippen LogP contribution >= 0.6 is 23.4 Å². The number of allylic oxidation sites excluding steroid dienone is 2. The molecule has 4 rings (SSSR count). The van der Waals surface area contributed by atoms with E-state index < -0.39 is 6.04 Å². The molecule has 164 valence electrons. The summed E-state index contributed by atoms with van der Waals surface area (Å²) in [7, 11) is 0. The Balaban J connectivity index is 1.64. The van der Waals surface area contributed by atoms with Crippen LogP contribution in [0.1, 0.15) is 31.0 Å². The maximum atomic E-state index is 12.8. The minimum Gasteiger partial charge on any atom is -0.463 e. The van der Waals surface area contributed by atoms with E-state index in [-0.39, 0.29) is 5.97 Å². The minimum absolute atomic E-state index is 0.299. The van der Waals surface area contributed by atoms with Crippen molar-refractivity contribution < 1.29 is 9.53 Å². The van der Waals surface area contributed by atoms with Crippen molar-refractivity contribution >= 4 is 41.4 Å². The van der Waals surface area contributed by atoms with Gasteiger partial charge in [0.1, 0.15) is 6.04 Å². The average Bonchev–Trinajstić information content (AvgIpc) is 3.20. The molecular formula is C24H23ClN4O2S. The number of hydrogen-bond donors (Lipinski definition) is 1. The van der Waals surface area contributed by atoms with Crippen LogP contribution in [0.3, 0.4) is 0 Å². The summed E-state index contributed by atoms with van der Waals surface area (Å²) in [5, 5.41) is 9.20. The second-order valence-corrected chi connectivity index (χ2v) is 8.49. The predicted molar refractivity (Wildman–Crippen MR) is 129 cm³/mol. The molecule has 6 nitrogen and oxygen atoms in total. The predicted octanol–water partition coefficient (Wildman–Crippen LogP) is 5.74. The number of rotatable bonds is 7. The van der Waals surface area contributed by atoms with E-state index in [0.29, 0.717) is 39.8 Å². The summed E-state index contributed by atoms with van der Waals surface area (Å²) in [6.07, 6.45) is 3.93. The summed E-state index contributed by atoms with van der Waals surface area (Å²) in [6, 6.07) is 17.2. The molecule has 0 saturated heterocycles. The van der Waals surface area contributed by atoms with Gasteiger partial charge in [-0.25, -0.2) is 9.48 Å². The van der Waals surface area contributed by atoms with E-state index in [2.05, 4.69) is 15.4 Å². The van der Waals surface area contributed by atoms with Crippen LogP contribution in [0.25, 0.3) is 6.08 Å². The number of esters is 1. The number of carbonyl (C=O) groups excluding carboxylic acids is 1. The third-order valence-corrected chi connectivity index (χ3v) is 6.21. The zero-order valence-corrected chi connectivity index (χ0v) is 19.4. The molecule has 0 saturated carbocycles. The molecule has 0 bridgehead atoms. The second-order valence-electron chi connectivity index (χ2n) is 7.14. The van der Waals surface area contributed by atoms with Crippen LogP contribution < -0.4 is 5.32 Å². The first-order chi connectivity index (χ1) is 15.6. The zero-order chi connectivity index (χ0) is 22.5. The van der Waals surface area contributed by atoms with Crippen LogP contribution in [0, 0.1) is 0 Å². The summed E-state index contributed by atoms with van der Waals surface area (Å²) in [4.78, 5) is 17.4. The van der Waals surface area contributed by atoms with E-state index in [4.69, 9.17) is 16.3 Å². The SMILES string of the molecule is CCOC(=O)C1=C(C)Nc2nc(SCc3ccccc3Cl)nn2C1/C=C/c1ccccc1. The molecule has 1 atom stereocenters. The van der Waals surface area contributed by atoms with Gasteiger partial charge in [-0.2, -0.15) is 4.98 Å². The molecule has 8 heteroatoms. The molecule has 1 aliphatic heterocycles. The van der Waals surface area contributed by atoms with Crippen LogP contribution in [0.5, 0.6) is 0 Å². The van der Waals surface area contributed by atoms with Crippen molar-refractivity contribution in [3.63, 3.8) is 0 Å². The number of halogens is 1. The van der Waals surface area contributed by atoms with Crippen molar-refractivity contribution in [1.82, 2.24) is 14.8 Å². The lowest BCUT2D eigenvalue weighted by Gasteiger charge is -2.25. The monoisotopic (exact) mass is 466 g/mol. The molecule has 32 heavy (non-hydrogen) atoms. The topological polar surface area (TPSA) is 69.0 Å². The Morgan fingerprint density at radius 3 is 2.72 bits per heavy atom. The van der Waals surface area contributed by atoms with Gasteiger partial charge in [-0.1, -0.05) is 84.0 Å². The fourth-order valence-corrected chi connectivity index (χ4v) is 4.52. The van der Waals surface area contributed by atoms with Gasteiger partial charge >= 0.3 is 5.97 Å². The molecule has 0 fully saturated rings. The number of fused-ring (bicyclic) bond motifs is 1. The Morgan fingerprint density at radius 2 is 1.97 bits per heavy atom. The highest BCUT2D eigenvalue weighted by atomic mass is 35.5. The summed E-state index contributed by atoms with van der Waals surface area (Å²) < 4.78 is 7.05. The average molecular weight is 467 g/mol. The number of aromatic nitrogens is 3. The van der Waals surface area contributed by atoms with E-state index in [1.54, 1.807) is 11.6 Å². The van der Waals surface area contributed by atoms with E-state index in [9.17, 15) is 4.79 Å². The number of nitrogens with zero attached hydrogens (tertiary/aromatic N) is 3. The standard InChI is InChI=1S/C24H23ClN4O2S/c1-3-31-22(30)21-16(2)26-23-27-24(32-15-18-11-7-8-12-19(18)25)28-29(23)20(21)14-13-17-9-5-4-6-10-17/h4-14,20H,3,15H2,1-2H3,(H,26,27,28)/b14-13+. The van der Waals surface area contributed by atoms with Crippen molar-refractivity contribution in [2.75, 3.05) is 11.9 Å². The van der Waals surface area contributed by atoms with Crippen LogP contribution in [0.2, 0.25) is 5.02 Å². The van der Waals surface area contributed by atoms with Gasteiger partial charge in [0.15, 0.2) is 0 Å². The smallest absolute Gasteiger partial charge is 0.338 e. The molecule has 1 unspecified atom stereocenters. The Hall–Kier alpha value is -3.03. The zero-order valence-electron chi connectivity index (χ0n) is 17.8. The Labute approximate surface area is 196 Å². The summed E-state index contributed by atoms with van der Waals surface area (Å²) in [5.74, 6) is 0.858. The number of anilines is 1. The van der Waals surface area contributed by atoms with Crippen LogP contribution in [0.4, 0.5) is 5.95 Å². The van der Waals surface area contributed by atoms with Crippen molar-refractivity contribution in [3.05, 3.63) is 88.1 Å². The normalized spacial score (nSPS) is 15.5. The lowest BCUT2D eigenvalue weighted by molar-refractivity contribution is -0.139. The number of ether oxygens (including phenoxy) is 1. The van der Waals surface area contributed by atoms with E-state index in [1.165, 1.54) is 11.8 Å². The van der Waals surface area contributed by atoms with Gasteiger partial charge in [-0.05, 0) is 31.0 Å². The van der Waals surface area contributed by atoms with Crippen LogP contribution in [-0.4, -0.2) is 27.3 Å². The van der Waals surface area contributed by atoms with Gasteiger partial charge in [0.2, 0.25) is 11.1 Å². The lowest BCUT2D eigenvalue weighted by atomic mass is 10.0. The van der Waals surface area contributed by atoms with Gasteiger partial charge in [-0.15, -0.1) is 5.10 Å². The number of carbonyl (C=O) groups is 1. The Morgan fingerprint density at radius 1 is 1.22 bits per heavy atom. The fourth-order valence-electron chi connectivity index (χ4n) is 3.41. The van der Waals surface area contributed by atoms with Gasteiger partial charge in [0.25, 0.3) is 0 Å².